The number of nitrogens with zero attached hydrogens (tertiary/aromatic N) is 3. The van der Waals surface area contributed by atoms with Crippen molar-refractivity contribution in [3.63, 3.8) is 0 Å². The van der Waals surface area contributed by atoms with Crippen LogP contribution in [-0.4, -0.2) is 22.6 Å². The maximum atomic E-state index is 11.6. The molecular formula is C10H8IN3O. The van der Waals surface area contributed by atoms with Gasteiger partial charge in [0.05, 0.1) is 0 Å². The van der Waals surface area contributed by atoms with Gasteiger partial charge in [-0.2, -0.15) is 0 Å². The van der Waals surface area contributed by atoms with E-state index in [1.165, 1.54) is 0 Å². The van der Waals surface area contributed by atoms with Gasteiger partial charge in [-0.15, -0.1) is 22.5 Å². The molecule has 0 radical (unpaired) electrons. The molecule has 0 N–H and O–H groups in total. The highest BCUT2D eigenvalue weighted by molar-refractivity contribution is 14.1. The van der Waals surface area contributed by atoms with Crippen LogP contribution < -0.4 is 4.90 Å². The number of aromatic nitrogens is 2. The zero-order valence-electron chi connectivity index (χ0n) is 7.85. The van der Waals surface area contributed by atoms with Crippen molar-refractivity contribution >= 4 is 34.3 Å². The van der Waals surface area contributed by atoms with E-state index in [0.29, 0.717) is 18.8 Å². The lowest BCUT2D eigenvalue weighted by Gasteiger charge is -2.13. The summed E-state index contributed by atoms with van der Waals surface area (Å²) in [7, 11) is 0. The molecule has 2 heterocycles. The number of carbonyl (C=O) groups excluding carboxylic acids is 1. The van der Waals surface area contributed by atoms with Crippen molar-refractivity contribution in [3.05, 3.63) is 15.8 Å². The molecule has 1 unspecified atom stereocenters. The third kappa shape index (κ3) is 2.09. The van der Waals surface area contributed by atoms with Crippen molar-refractivity contribution in [1.82, 2.24) is 10.2 Å². The van der Waals surface area contributed by atoms with Gasteiger partial charge in [0.25, 0.3) is 0 Å². The van der Waals surface area contributed by atoms with Gasteiger partial charge in [0, 0.05) is 18.9 Å². The second-order valence-corrected chi connectivity index (χ2v) is 4.39. The third-order valence-electron chi connectivity index (χ3n) is 2.26. The Hall–Kier alpha value is -1.16. The monoisotopic (exact) mass is 313 g/mol. The molecule has 1 atom stereocenters. The van der Waals surface area contributed by atoms with Crippen LogP contribution in [0, 0.1) is 22.0 Å². The Kier molecular flexibility index (Phi) is 2.86. The molecule has 1 saturated heterocycles. The van der Waals surface area contributed by atoms with E-state index in [1.54, 1.807) is 11.0 Å². The molecule has 1 aromatic heterocycles. The minimum Gasteiger partial charge on any atom is -0.294 e. The first kappa shape index (κ1) is 10.4. The predicted molar refractivity (Wildman–Crippen MR) is 64.0 cm³/mol. The Morgan fingerprint density at radius 2 is 2.33 bits per heavy atom. The molecule has 0 aliphatic carbocycles. The lowest BCUT2D eigenvalue weighted by molar-refractivity contribution is -0.117. The number of amides is 1. The number of rotatable bonds is 1. The maximum absolute atomic E-state index is 11.6. The number of hydrogen-bond donors (Lipinski definition) is 0. The van der Waals surface area contributed by atoms with E-state index < -0.39 is 0 Å². The molecule has 1 aliphatic rings. The zero-order chi connectivity index (χ0) is 10.8. The van der Waals surface area contributed by atoms with Crippen LogP contribution in [0.1, 0.15) is 6.42 Å². The van der Waals surface area contributed by atoms with E-state index in [9.17, 15) is 4.79 Å². The van der Waals surface area contributed by atoms with Gasteiger partial charge < -0.3 is 0 Å². The normalized spacial score (nSPS) is 20.4. The van der Waals surface area contributed by atoms with Crippen LogP contribution in [0.15, 0.2) is 12.1 Å². The van der Waals surface area contributed by atoms with Crippen LogP contribution in [0.5, 0.6) is 0 Å². The second kappa shape index (κ2) is 4.14. The Bertz CT molecular complexity index is 423. The quantitative estimate of drug-likeness (QED) is 0.575. The van der Waals surface area contributed by atoms with Crippen LogP contribution in [0.3, 0.4) is 0 Å². The van der Waals surface area contributed by atoms with E-state index in [1.807, 2.05) is 6.07 Å². The van der Waals surface area contributed by atoms with Crippen LogP contribution in [-0.2, 0) is 4.79 Å². The first-order valence-electron chi connectivity index (χ1n) is 4.46. The molecule has 0 spiro atoms. The van der Waals surface area contributed by atoms with E-state index in [-0.39, 0.29) is 11.8 Å². The molecule has 1 amide bonds. The maximum Gasteiger partial charge on any atom is 0.229 e. The molecular weight excluding hydrogens is 305 g/mol. The van der Waals surface area contributed by atoms with Crippen molar-refractivity contribution < 1.29 is 4.79 Å². The standard InChI is InChI=1S/C10H8IN3O/c1-2-7-5-10(15)14(6-7)9-4-3-8(11)12-13-9/h1,3-4,7H,5-6H2. The van der Waals surface area contributed by atoms with E-state index >= 15 is 0 Å². The first-order valence-corrected chi connectivity index (χ1v) is 5.54. The lowest BCUT2D eigenvalue weighted by Crippen LogP contribution is -2.25. The Morgan fingerprint density at radius 1 is 1.53 bits per heavy atom. The summed E-state index contributed by atoms with van der Waals surface area (Å²) in [6.07, 6.45) is 5.70. The minimum absolute atomic E-state index is 0.00132. The summed E-state index contributed by atoms with van der Waals surface area (Å²) >= 11 is 2.07. The van der Waals surface area contributed by atoms with Crippen LogP contribution >= 0.6 is 22.6 Å². The van der Waals surface area contributed by atoms with Crippen LogP contribution in [0.25, 0.3) is 0 Å². The van der Waals surface area contributed by atoms with Gasteiger partial charge in [-0.25, -0.2) is 0 Å². The summed E-state index contributed by atoms with van der Waals surface area (Å²) < 4.78 is 0.802. The number of hydrogen-bond acceptors (Lipinski definition) is 3. The highest BCUT2D eigenvalue weighted by Gasteiger charge is 2.30. The average molecular weight is 313 g/mol. The Labute approximate surface area is 101 Å². The number of terminal acetylenes is 1. The van der Waals surface area contributed by atoms with Crippen molar-refractivity contribution in [1.29, 1.82) is 0 Å². The van der Waals surface area contributed by atoms with Crippen molar-refractivity contribution in [2.75, 3.05) is 11.4 Å². The van der Waals surface area contributed by atoms with Crippen LogP contribution in [0.4, 0.5) is 5.82 Å². The molecule has 1 aliphatic heterocycles. The number of anilines is 1. The largest absolute Gasteiger partial charge is 0.294 e. The van der Waals surface area contributed by atoms with Gasteiger partial charge in [0.2, 0.25) is 5.91 Å². The summed E-state index contributed by atoms with van der Waals surface area (Å²) in [5.74, 6) is 3.20. The van der Waals surface area contributed by atoms with Gasteiger partial charge in [0.15, 0.2) is 5.82 Å². The number of halogens is 1. The summed E-state index contributed by atoms with van der Waals surface area (Å²) in [6.45, 7) is 0.546. The number of carbonyl (C=O) groups is 1. The van der Waals surface area contributed by atoms with Gasteiger partial charge in [-0.1, -0.05) is 0 Å². The van der Waals surface area contributed by atoms with Crippen molar-refractivity contribution in [2.45, 2.75) is 6.42 Å². The fraction of sp³-hybridized carbons (Fsp3) is 0.300. The lowest BCUT2D eigenvalue weighted by atomic mass is 10.1. The average Bonchev–Trinajstić information content (AvgIpc) is 2.61. The second-order valence-electron chi connectivity index (χ2n) is 3.29. The van der Waals surface area contributed by atoms with E-state index in [0.717, 1.165) is 3.70 Å². The first-order chi connectivity index (χ1) is 7.20. The molecule has 76 valence electrons. The molecule has 2 rings (SSSR count). The molecule has 1 fully saturated rings. The molecule has 15 heavy (non-hydrogen) atoms. The highest BCUT2D eigenvalue weighted by Crippen LogP contribution is 2.22. The van der Waals surface area contributed by atoms with Crippen molar-refractivity contribution in [3.8, 4) is 12.3 Å². The topological polar surface area (TPSA) is 46.1 Å². The van der Waals surface area contributed by atoms with Gasteiger partial charge in [-0.3, -0.25) is 9.69 Å². The zero-order valence-corrected chi connectivity index (χ0v) is 10.0. The van der Waals surface area contributed by atoms with Gasteiger partial charge >= 0.3 is 0 Å². The minimum atomic E-state index is -0.00132. The molecule has 0 aromatic carbocycles. The Morgan fingerprint density at radius 3 is 2.87 bits per heavy atom. The SMILES string of the molecule is C#CC1CC(=O)N(c2ccc(I)nn2)C1. The fourth-order valence-corrected chi connectivity index (χ4v) is 1.78. The summed E-state index contributed by atoms with van der Waals surface area (Å²) in [5, 5.41) is 7.86. The molecule has 5 heteroatoms. The molecule has 0 bridgehead atoms. The molecule has 1 aromatic rings. The Balaban J connectivity index is 2.22. The third-order valence-corrected chi connectivity index (χ3v) is 2.83. The van der Waals surface area contributed by atoms with E-state index in [4.69, 9.17) is 6.42 Å². The summed E-state index contributed by atoms with van der Waals surface area (Å²) in [5.41, 5.74) is 0. The summed E-state index contributed by atoms with van der Waals surface area (Å²) in [6, 6.07) is 3.60. The van der Waals surface area contributed by atoms with Gasteiger partial charge in [0.1, 0.15) is 3.70 Å². The predicted octanol–water partition coefficient (Wildman–Crippen LogP) is 1.07. The fourth-order valence-electron chi connectivity index (χ4n) is 1.49. The smallest absolute Gasteiger partial charge is 0.229 e. The molecule has 0 saturated carbocycles. The van der Waals surface area contributed by atoms with Crippen molar-refractivity contribution in [2.24, 2.45) is 5.92 Å². The highest BCUT2D eigenvalue weighted by atomic mass is 127. The van der Waals surface area contributed by atoms with Gasteiger partial charge in [-0.05, 0) is 34.7 Å². The van der Waals surface area contributed by atoms with Crippen LogP contribution in [0.2, 0.25) is 0 Å². The summed E-state index contributed by atoms with van der Waals surface area (Å²) in [4.78, 5) is 13.2. The molecule has 4 nitrogen and oxygen atoms in total. The van der Waals surface area contributed by atoms with E-state index in [2.05, 4.69) is 38.7 Å².